The molecule has 114 valence electrons. The summed E-state index contributed by atoms with van der Waals surface area (Å²) in [7, 11) is 0. The monoisotopic (exact) mass is 343 g/mol. The van der Waals surface area contributed by atoms with Crippen molar-refractivity contribution in [3.63, 3.8) is 0 Å². The number of fused-ring (bicyclic) bond motifs is 1. The van der Waals surface area contributed by atoms with Gasteiger partial charge in [-0.15, -0.1) is 0 Å². The zero-order valence-electron chi connectivity index (χ0n) is 11.1. The quantitative estimate of drug-likeness (QED) is 0.564. The lowest BCUT2D eigenvalue weighted by atomic mass is 10.0. The predicted octanol–water partition coefficient (Wildman–Crippen LogP) is 6.42. The number of hydrogen-bond acceptors (Lipinski definition) is 0. The maximum absolute atomic E-state index is 14.1. The molecule has 3 aromatic rings. The molecule has 0 aliphatic carbocycles. The van der Waals surface area contributed by atoms with E-state index in [1.165, 1.54) is 6.07 Å². The van der Waals surface area contributed by atoms with Gasteiger partial charge in [0.15, 0.2) is 6.17 Å². The Labute approximate surface area is 134 Å². The lowest BCUT2D eigenvalue weighted by molar-refractivity contribution is 0.0506. The van der Waals surface area contributed by atoms with E-state index in [1.807, 2.05) is 0 Å². The molecule has 0 saturated carbocycles. The standard InChI is InChI=1S/C16H10Cl2F3N/c17-9-3-1-8(2-4-9)15-13(14(19)16(20)21)11-6-5-10(18)7-12(11)22-15/h1-7,14,16,22H. The van der Waals surface area contributed by atoms with Crippen LogP contribution in [0.25, 0.3) is 22.2 Å². The average molecular weight is 344 g/mol. The number of aromatic nitrogens is 1. The van der Waals surface area contributed by atoms with Crippen molar-refractivity contribution < 1.29 is 13.2 Å². The fourth-order valence-corrected chi connectivity index (χ4v) is 2.75. The Morgan fingerprint density at radius 2 is 1.50 bits per heavy atom. The largest absolute Gasteiger partial charge is 0.354 e. The van der Waals surface area contributed by atoms with Crippen LogP contribution in [0.3, 0.4) is 0 Å². The number of H-pyrrole nitrogens is 1. The van der Waals surface area contributed by atoms with Gasteiger partial charge in [0.05, 0.1) is 5.69 Å². The molecule has 2 aromatic carbocycles. The van der Waals surface area contributed by atoms with E-state index in [1.54, 1.807) is 36.4 Å². The molecule has 0 saturated heterocycles. The Kier molecular flexibility index (Phi) is 4.06. The Hall–Kier alpha value is -1.65. The van der Waals surface area contributed by atoms with Crippen molar-refractivity contribution >= 4 is 34.1 Å². The first-order chi connectivity index (χ1) is 10.5. The Balaban J connectivity index is 2.27. The molecule has 1 nitrogen and oxygen atoms in total. The maximum atomic E-state index is 14.1. The number of alkyl halides is 3. The van der Waals surface area contributed by atoms with Crippen molar-refractivity contribution in [3.05, 3.63) is 58.1 Å². The summed E-state index contributed by atoms with van der Waals surface area (Å²) < 4.78 is 40.0. The second-order valence-electron chi connectivity index (χ2n) is 4.85. The summed E-state index contributed by atoms with van der Waals surface area (Å²) in [6.45, 7) is 0. The Morgan fingerprint density at radius 1 is 0.864 bits per heavy atom. The molecule has 0 amide bonds. The molecular weight excluding hydrogens is 334 g/mol. The number of rotatable bonds is 3. The van der Waals surface area contributed by atoms with Gasteiger partial charge in [-0.25, -0.2) is 13.2 Å². The first-order valence-electron chi connectivity index (χ1n) is 6.46. The minimum atomic E-state index is -3.11. The van der Waals surface area contributed by atoms with Crippen LogP contribution in [0.15, 0.2) is 42.5 Å². The zero-order chi connectivity index (χ0) is 15.9. The summed E-state index contributed by atoms with van der Waals surface area (Å²) in [4.78, 5) is 2.98. The lowest BCUT2D eigenvalue weighted by Gasteiger charge is -2.10. The van der Waals surface area contributed by atoms with Crippen molar-refractivity contribution in [2.45, 2.75) is 12.6 Å². The van der Waals surface area contributed by atoms with Gasteiger partial charge in [0.1, 0.15) is 0 Å². The van der Waals surface area contributed by atoms with E-state index < -0.39 is 12.6 Å². The molecule has 0 aliphatic heterocycles. The van der Waals surface area contributed by atoms with Crippen LogP contribution in [0.4, 0.5) is 13.2 Å². The first-order valence-corrected chi connectivity index (χ1v) is 7.22. The molecule has 6 heteroatoms. The number of hydrogen-bond donors (Lipinski definition) is 1. The SMILES string of the molecule is FC(F)C(F)c1c(-c2ccc(Cl)cc2)[nH]c2cc(Cl)ccc12. The highest BCUT2D eigenvalue weighted by Gasteiger charge is 2.28. The molecule has 0 aliphatic rings. The third-order valence-corrected chi connectivity index (χ3v) is 3.92. The second kappa shape index (κ2) is 5.86. The van der Waals surface area contributed by atoms with E-state index in [-0.39, 0.29) is 5.56 Å². The van der Waals surface area contributed by atoms with E-state index in [2.05, 4.69) is 4.98 Å². The predicted molar refractivity (Wildman–Crippen MR) is 83.6 cm³/mol. The number of halogens is 5. The fraction of sp³-hybridized carbons (Fsp3) is 0.125. The number of nitrogens with one attached hydrogen (secondary N) is 1. The van der Waals surface area contributed by atoms with Crippen LogP contribution in [0, 0.1) is 0 Å². The van der Waals surface area contributed by atoms with Gasteiger partial charge in [0.2, 0.25) is 0 Å². The summed E-state index contributed by atoms with van der Waals surface area (Å²) in [6.07, 6.45) is -5.50. The molecule has 1 atom stereocenters. The summed E-state index contributed by atoms with van der Waals surface area (Å²) in [5.41, 5.74) is 1.33. The normalized spacial score (nSPS) is 13.0. The van der Waals surface area contributed by atoms with Gasteiger partial charge >= 0.3 is 0 Å². The van der Waals surface area contributed by atoms with Gasteiger partial charge in [-0.2, -0.15) is 0 Å². The highest BCUT2D eigenvalue weighted by molar-refractivity contribution is 6.31. The zero-order valence-corrected chi connectivity index (χ0v) is 12.6. The van der Waals surface area contributed by atoms with E-state index in [4.69, 9.17) is 23.2 Å². The minimum absolute atomic E-state index is 0.0658. The van der Waals surface area contributed by atoms with Gasteiger partial charge < -0.3 is 4.98 Å². The smallest absolute Gasteiger partial charge is 0.273 e. The van der Waals surface area contributed by atoms with Crippen molar-refractivity contribution in [2.75, 3.05) is 0 Å². The molecule has 3 rings (SSSR count). The van der Waals surface area contributed by atoms with Crippen molar-refractivity contribution in [2.24, 2.45) is 0 Å². The molecule has 0 radical (unpaired) electrons. The maximum Gasteiger partial charge on any atom is 0.273 e. The highest BCUT2D eigenvalue weighted by atomic mass is 35.5. The van der Waals surface area contributed by atoms with Crippen LogP contribution >= 0.6 is 23.2 Å². The van der Waals surface area contributed by atoms with E-state index in [9.17, 15) is 13.2 Å². The average Bonchev–Trinajstić information content (AvgIpc) is 2.85. The molecule has 22 heavy (non-hydrogen) atoms. The first kappa shape index (κ1) is 15.3. The minimum Gasteiger partial charge on any atom is -0.354 e. The van der Waals surface area contributed by atoms with E-state index in [0.29, 0.717) is 32.2 Å². The van der Waals surface area contributed by atoms with Crippen LogP contribution in [0.1, 0.15) is 11.7 Å². The van der Waals surface area contributed by atoms with Crippen LogP contribution in [-0.2, 0) is 0 Å². The summed E-state index contributed by atoms with van der Waals surface area (Å²) in [5.74, 6) is 0. The number of benzene rings is 2. The van der Waals surface area contributed by atoms with Crippen LogP contribution < -0.4 is 0 Å². The van der Waals surface area contributed by atoms with E-state index in [0.717, 1.165) is 0 Å². The molecular formula is C16H10Cl2F3N. The lowest BCUT2D eigenvalue weighted by Crippen LogP contribution is -2.04. The Bertz CT molecular complexity index is 812. The second-order valence-corrected chi connectivity index (χ2v) is 5.72. The van der Waals surface area contributed by atoms with Gasteiger partial charge in [-0.05, 0) is 29.8 Å². The topological polar surface area (TPSA) is 15.8 Å². The van der Waals surface area contributed by atoms with Gasteiger partial charge in [-0.1, -0.05) is 41.4 Å². The third kappa shape index (κ3) is 2.69. The molecule has 1 aromatic heterocycles. The van der Waals surface area contributed by atoms with Gasteiger partial charge in [0, 0.05) is 26.5 Å². The summed E-state index contributed by atoms with van der Waals surface area (Å²) >= 11 is 11.7. The molecule has 0 bridgehead atoms. The van der Waals surface area contributed by atoms with Crippen molar-refractivity contribution in [1.29, 1.82) is 0 Å². The molecule has 0 fully saturated rings. The molecule has 1 unspecified atom stereocenters. The van der Waals surface area contributed by atoms with Gasteiger partial charge in [-0.3, -0.25) is 0 Å². The third-order valence-electron chi connectivity index (χ3n) is 3.43. The summed E-state index contributed by atoms with van der Waals surface area (Å²) in [5, 5.41) is 1.34. The molecule has 1 heterocycles. The van der Waals surface area contributed by atoms with Crippen molar-refractivity contribution in [3.8, 4) is 11.3 Å². The van der Waals surface area contributed by atoms with Crippen LogP contribution in [-0.4, -0.2) is 11.4 Å². The summed E-state index contributed by atoms with van der Waals surface area (Å²) in [6, 6.07) is 11.2. The van der Waals surface area contributed by atoms with E-state index >= 15 is 0 Å². The van der Waals surface area contributed by atoms with Crippen LogP contribution in [0.2, 0.25) is 10.0 Å². The molecule has 0 spiro atoms. The van der Waals surface area contributed by atoms with Crippen LogP contribution in [0.5, 0.6) is 0 Å². The van der Waals surface area contributed by atoms with Crippen molar-refractivity contribution in [1.82, 2.24) is 4.98 Å². The Morgan fingerprint density at radius 3 is 2.14 bits per heavy atom. The molecule has 1 N–H and O–H groups in total. The number of aromatic amines is 1. The highest BCUT2D eigenvalue weighted by Crippen LogP contribution is 2.39. The van der Waals surface area contributed by atoms with Gasteiger partial charge in [0.25, 0.3) is 6.43 Å². The fourth-order valence-electron chi connectivity index (χ4n) is 2.45.